The van der Waals surface area contributed by atoms with Gasteiger partial charge in [0.05, 0.1) is 0 Å². The van der Waals surface area contributed by atoms with Crippen molar-refractivity contribution in [3.63, 3.8) is 0 Å². The van der Waals surface area contributed by atoms with Crippen molar-refractivity contribution >= 4 is 79.3 Å². The van der Waals surface area contributed by atoms with E-state index < -0.39 is 10.4 Å². The van der Waals surface area contributed by atoms with Gasteiger partial charge in [-0.2, -0.15) is 8.42 Å². The molecule has 6 heteroatoms. The molecule has 0 saturated carbocycles. The minimum absolute atomic E-state index is 0. The minimum atomic E-state index is -4.67. The van der Waals surface area contributed by atoms with Gasteiger partial charge in [0, 0.05) is 0 Å². The molecule has 0 aliphatic carbocycles. The van der Waals surface area contributed by atoms with E-state index in [1.54, 1.807) is 0 Å². The van der Waals surface area contributed by atoms with Crippen LogP contribution in [0, 0.1) is 0 Å². The van der Waals surface area contributed by atoms with Crippen molar-refractivity contribution in [1.82, 2.24) is 0 Å². The van der Waals surface area contributed by atoms with E-state index in [9.17, 15) is 0 Å². The summed E-state index contributed by atoms with van der Waals surface area (Å²) < 4.78 is 31.6. The summed E-state index contributed by atoms with van der Waals surface area (Å²) in [7, 11) is -4.67. The van der Waals surface area contributed by atoms with Crippen molar-refractivity contribution in [2.75, 3.05) is 0 Å². The fourth-order valence-corrected chi connectivity index (χ4v) is 0. The van der Waals surface area contributed by atoms with E-state index in [2.05, 4.69) is 0 Å². The summed E-state index contributed by atoms with van der Waals surface area (Å²) in [6, 6.07) is 0. The van der Waals surface area contributed by atoms with Gasteiger partial charge in [-0.15, -0.1) is 0 Å². The van der Waals surface area contributed by atoms with Crippen molar-refractivity contribution < 1.29 is 17.5 Å². The number of rotatable bonds is 0. The molecule has 0 bridgehead atoms. The maximum atomic E-state index is 8.74. The third-order valence-electron chi connectivity index (χ3n) is 0. The molecule has 4 nitrogen and oxygen atoms in total. The van der Waals surface area contributed by atoms with Gasteiger partial charge in [-0.05, 0) is 0 Å². The van der Waals surface area contributed by atoms with Crippen molar-refractivity contribution in [2.24, 2.45) is 0 Å². The molecule has 6 heavy (non-hydrogen) atoms. The van der Waals surface area contributed by atoms with E-state index >= 15 is 0 Å². The zero-order chi connectivity index (χ0) is 4.50. The standard InChI is InChI=1S/Cs.H2O4S.H/c;1-5(2,3)4;/h;(H2,1,2,3,4);. The average Bonchev–Trinajstić information content (AvgIpc) is 0.722. The topological polar surface area (TPSA) is 74.6 Å². The Morgan fingerprint density at radius 2 is 1.17 bits per heavy atom. The molecular weight excluding hydrogens is 229 g/mol. The molecule has 0 unspecified atom stereocenters. The second-order valence-electron chi connectivity index (χ2n) is 0.448. The van der Waals surface area contributed by atoms with Crippen molar-refractivity contribution in [3.05, 3.63) is 0 Å². The molecule has 0 aromatic carbocycles. The van der Waals surface area contributed by atoms with Crippen molar-refractivity contribution in [1.29, 1.82) is 0 Å². The Kier molecular flexibility index (Phi) is 6.98. The molecule has 0 aliphatic heterocycles. The Balaban J connectivity index is 0. The first-order valence-electron chi connectivity index (χ1n) is 0.698. The van der Waals surface area contributed by atoms with Crippen molar-refractivity contribution in [2.45, 2.75) is 0 Å². The van der Waals surface area contributed by atoms with Crippen LogP contribution in [0.2, 0.25) is 0 Å². The van der Waals surface area contributed by atoms with Gasteiger partial charge >= 0.3 is 79.3 Å². The van der Waals surface area contributed by atoms with Gasteiger partial charge in [-0.1, -0.05) is 0 Å². The Morgan fingerprint density at radius 3 is 1.17 bits per heavy atom. The Bertz CT molecular complexity index is 90.7. The van der Waals surface area contributed by atoms with Crippen molar-refractivity contribution in [3.8, 4) is 0 Å². The molecule has 0 aromatic heterocycles. The van der Waals surface area contributed by atoms with Crippen LogP contribution in [0.3, 0.4) is 0 Å². The molecule has 0 saturated heterocycles. The van der Waals surface area contributed by atoms with Gasteiger partial charge in [0.1, 0.15) is 0 Å². The monoisotopic (exact) mass is 232 g/mol. The SMILES string of the molecule is O=S(=O)(O)O.[CsH]. The molecule has 0 radical (unpaired) electrons. The number of hydrogen-bond acceptors (Lipinski definition) is 2. The molecule has 0 fully saturated rings. The number of hydrogen-bond donors (Lipinski definition) is 2. The predicted molar refractivity (Wildman–Crippen MR) is 21.3 cm³/mol. The normalized spacial score (nSPS) is 9.67. The molecule has 2 N–H and O–H groups in total. The van der Waals surface area contributed by atoms with Crippen LogP contribution in [-0.4, -0.2) is 86.4 Å². The Morgan fingerprint density at radius 1 is 1.17 bits per heavy atom. The summed E-state index contributed by atoms with van der Waals surface area (Å²) >= 11 is 0. The van der Waals surface area contributed by atoms with E-state index in [1.165, 1.54) is 0 Å². The molecular formula is H3CsO4S. The summed E-state index contributed by atoms with van der Waals surface area (Å²) in [6.07, 6.45) is 0. The summed E-state index contributed by atoms with van der Waals surface area (Å²) in [4.78, 5) is 0. The molecule has 0 amide bonds. The second-order valence-corrected chi connectivity index (χ2v) is 1.34. The molecule has 0 aromatic rings. The van der Waals surface area contributed by atoms with E-state index in [1.807, 2.05) is 0 Å². The van der Waals surface area contributed by atoms with E-state index in [4.69, 9.17) is 17.5 Å². The third-order valence-corrected chi connectivity index (χ3v) is 0. The maximum absolute atomic E-state index is 8.74. The third kappa shape index (κ3) is 38.8. The zero-order valence-corrected chi connectivity index (χ0v) is 2.94. The van der Waals surface area contributed by atoms with Gasteiger partial charge < -0.3 is 0 Å². The van der Waals surface area contributed by atoms with E-state index in [0.717, 1.165) is 0 Å². The van der Waals surface area contributed by atoms with Crippen LogP contribution in [-0.2, 0) is 10.4 Å². The predicted octanol–water partition coefficient (Wildman–Crippen LogP) is -1.30. The van der Waals surface area contributed by atoms with Gasteiger partial charge in [0.2, 0.25) is 0 Å². The molecule has 0 rings (SSSR count). The fraction of sp³-hybridized carbons (Fsp3) is 0. The van der Waals surface area contributed by atoms with Crippen LogP contribution < -0.4 is 0 Å². The van der Waals surface area contributed by atoms with Crippen LogP contribution in [0.5, 0.6) is 0 Å². The average molecular weight is 232 g/mol. The molecule has 0 heterocycles. The van der Waals surface area contributed by atoms with Gasteiger partial charge in [0.25, 0.3) is 0 Å². The van der Waals surface area contributed by atoms with Crippen LogP contribution in [0.25, 0.3) is 0 Å². The van der Waals surface area contributed by atoms with Crippen LogP contribution in [0.1, 0.15) is 0 Å². The zero-order valence-electron chi connectivity index (χ0n) is 2.12. The summed E-state index contributed by atoms with van der Waals surface area (Å²) in [5.74, 6) is 0. The summed E-state index contributed by atoms with van der Waals surface area (Å²) in [6.45, 7) is 0. The molecule has 0 spiro atoms. The fourth-order valence-electron chi connectivity index (χ4n) is 0. The first-order valence-corrected chi connectivity index (χ1v) is 2.10. The molecule has 0 aliphatic rings. The second kappa shape index (κ2) is 3.87. The molecule has 0 atom stereocenters. The first kappa shape index (κ1) is 10.8. The van der Waals surface area contributed by atoms with E-state index in [-0.39, 0.29) is 68.9 Å². The quantitative estimate of drug-likeness (QED) is 0.509. The Labute approximate surface area is 94.3 Å². The van der Waals surface area contributed by atoms with Crippen LogP contribution in [0.15, 0.2) is 0 Å². The molecule has 34 valence electrons. The van der Waals surface area contributed by atoms with Gasteiger partial charge in [-0.3, -0.25) is 9.11 Å². The summed E-state index contributed by atoms with van der Waals surface area (Å²) in [5, 5.41) is 0. The van der Waals surface area contributed by atoms with Gasteiger partial charge in [-0.25, -0.2) is 0 Å². The first-order chi connectivity index (χ1) is 2.00. The van der Waals surface area contributed by atoms with Crippen LogP contribution >= 0.6 is 0 Å². The van der Waals surface area contributed by atoms with Crippen LogP contribution in [0.4, 0.5) is 0 Å². The van der Waals surface area contributed by atoms with Gasteiger partial charge in [0.15, 0.2) is 0 Å². The summed E-state index contributed by atoms with van der Waals surface area (Å²) in [5.41, 5.74) is 0. The van der Waals surface area contributed by atoms with E-state index in [0.29, 0.717) is 0 Å². The Hall–Kier alpha value is 1.92.